The molecule has 0 saturated carbocycles. The first-order chi connectivity index (χ1) is 4.11. The smallest absolute Gasteiger partial charge is 0.354 e. The standard InChI is InChI=1S/C4H3F3N2/c5-4(6,7)3-8-1-2-9-3/h1H2,(H,8,9). The highest BCUT2D eigenvalue weighted by Gasteiger charge is 2.37. The summed E-state index contributed by atoms with van der Waals surface area (Å²) < 4.78 is 34.6. The van der Waals surface area contributed by atoms with Crippen LogP contribution in [0.4, 0.5) is 13.2 Å². The molecule has 0 unspecified atom stereocenters. The van der Waals surface area contributed by atoms with Crippen LogP contribution < -0.4 is 5.32 Å². The Kier molecular flexibility index (Phi) is 1.34. The van der Waals surface area contributed by atoms with E-state index in [-0.39, 0.29) is 6.54 Å². The minimum absolute atomic E-state index is 0.0190. The van der Waals surface area contributed by atoms with Crippen LogP contribution in [0.2, 0.25) is 0 Å². The minimum Gasteiger partial charge on any atom is -0.354 e. The van der Waals surface area contributed by atoms with Crippen molar-refractivity contribution in [2.45, 2.75) is 6.18 Å². The van der Waals surface area contributed by atoms with Crippen LogP contribution in [-0.2, 0) is 0 Å². The van der Waals surface area contributed by atoms with E-state index in [1.54, 1.807) is 0 Å². The number of rotatable bonds is 0. The van der Waals surface area contributed by atoms with E-state index in [2.05, 4.69) is 11.5 Å². The fourth-order valence-corrected chi connectivity index (χ4v) is 0.442. The predicted octanol–water partition coefficient (Wildman–Crippen LogP) is 0.589. The van der Waals surface area contributed by atoms with Gasteiger partial charge in [0.1, 0.15) is 6.54 Å². The van der Waals surface area contributed by atoms with E-state index in [1.165, 1.54) is 0 Å². The lowest BCUT2D eigenvalue weighted by molar-refractivity contribution is -0.0608. The maximum absolute atomic E-state index is 11.5. The summed E-state index contributed by atoms with van der Waals surface area (Å²) >= 11 is 0. The molecule has 50 valence electrons. The minimum atomic E-state index is -4.34. The molecule has 0 saturated heterocycles. The molecular formula is C4H3F3N2. The quantitative estimate of drug-likeness (QED) is 0.517. The van der Waals surface area contributed by atoms with Crippen molar-refractivity contribution < 1.29 is 13.2 Å². The molecule has 1 rings (SSSR count). The summed E-state index contributed by atoms with van der Waals surface area (Å²) in [5.41, 5.74) is 0. The Hall–Kier alpha value is -0.740. The van der Waals surface area contributed by atoms with Gasteiger partial charge in [0, 0.05) is 0 Å². The van der Waals surface area contributed by atoms with Crippen LogP contribution in [0, 0.1) is 6.54 Å². The Morgan fingerprint density at radius 3 is 2.44 bits per heavy atom. The largest absolute Gasteiger partial charge is 0.448 e. The first-order valence-corrected chi connectivity index (χ1v) is 2.21. The van der Waals surface area contributed by atoms with Crippen LogP contribution in [-0.4, -0.2) is 18.6 Å². The molecule has 0 fully saturated rings. The van der Waals surface area contributed by atoms with Gasteiger partial charge in [-0.25, -0.2) is 0 Å². The van der Waals surface area contributed by atoms with Crippen molar-refractivity contribution in [3.05, 3.63) is 6.54 Å². The molecule has 1 aliphatic heterocycles. The zero-order chi connectivity index (χ0) is 6.91. The van der Waals surface area contributed by atoms with Crippen LogP contribution in [0.25, 0.3) is 0 Å². The molecule has 5 heteroatoms. The lowest BCUT2D eigenvalue weighted by Crippen LogP contribution is -2.31. The fourth-order valence-electron chi connectivity index (χ4n) is 0.442. The topological polar surface area (TPSA) is 24.4 Å². The lowest BCUT2D eigenvalue weighted by atomic mass is 10.6. The summed E-state index contributed by atoms with van der Waals surface area (Å²) in [5.74, 6) is -0.956. The second-order valence-electron chi connectivity index (χ2n) is 1.46. The number of amidine groups is 1. The Morgan fingerprint density at radius 2 is 2.22 bits per heavy atom. The number of halogens is 3. The normalized spacial score (nSPS) is 19.2. The zero-order valence-corrected chi connectivity index (χ0v) is 4.29. The summed E-state index contributed by atoms with van der Waals surface area (Å²) in [6, 6.07) is 0. The summed E-state index contributed by atoms with van der Waals surface area (Å²) in [6.45, 7) is 2.19. The van der Waals surface area contributed by atoms with E-state index in [0.717, 1.165) is 0 Å². The molecule has 0 amide bonds. The third kappa shape index (κ3) is 1.34. The summed E-state index contributed by atoms with van der Waals surface area (Å²) in [4.78, 5) is 3.08. The highest BCUT2D eigenvalue weighted by atomic mass is 19.4. The Labute approximate surface area is 49.8 Å². The van der Waals surface area contributed by atoms with Gasteiger partial charge < -0.3 is 5.32 Å². The van der Waals surface area contributed by atoms with Crippen LogP contribution in [0.5, 0.6) is 0 Å². The Morgan fingerprint density at radius 1 is 1.56 bits per heavy atom. The molecule has 0 aromatic heterocycles. The third-order valence-corrected chi connectivity index (χ3v) is 0.792. The van der Waals surface area contributed by atoms with Crippen molar-refractivity contribution in [3.63, 3.8) is 0 Å². The Balaban J connectivity index is 2.61. The van der Waals surface area contributed by atoms with Gasteiger partial charge in [-0.2, -0.15) is 13.2 Å². The van der Waals surface area contributed by atoms with Crippen molar-refractivity contribution in [1.82, 2.24) is 5.32 Å². The monoisotopic (exact) mass is 136 g/mol. The molecule has 0 bridgehead atoms. The van der Waals surface area contributed by atoms with Gasteiger partial charge in [-0.3, -0.25) is 4.99 Å². The van der Waals surface area contributed by atoms with Gasteiger partial charge in [-0.05, 0) is 0 Å². The molecule has 1 N–H and O–H groups in total. The van der Waals surface area contributed by atoms with Gasteiger partial charge >= 0.3 is 6.18 Å². The van der Waals surface area contributed by atoms with Gasteiger partial charge in [-0.1, -0.05) is 0 Å². The molecular weight excluding hydrogens is 133 g/mol. The van der Waals surface area contributed by atoms with Gasteiger partial charge in [0.2, 0.25) is 5.84 Å². The first-order valence-electron chi connectivity index (χ1n) is 2.21. The van der Waals surface area contributed by atoms with Crippen molar-refractivity contribution >= 4 is 5.84 Å². The van der Waals surface area contributed by atoms with Gasteiger partial charge in [0.05, 0.1) is 6.54 Å². The van der Waals surface area contributed by atoms with E-state index in [9.17, 15) is 13.2 Å². The predicted molar refractivity (Wildman–Crippen MR) is 24.7 cm³/mol. The average molecular weight is 136 g/mol. The second-order valence-corrected chi connectivity index (χ2v) is 1.46. The maximum Gasteiger partial charge on any atom is 0.448 e. The molecule has 9 heavy (non-hydrogen) atoms. The SMILES string of the molecule is FC(F)(F)C1=NC[C]N1. The van der Waals surface area contributed by atoms with Crippen molar-refractivity contribution in [3.8, 4) is 0 Å². The van der Waals surface area contributed by atoms with Crippen molar-refractivity contribution in [2.24, 2.45) is 4.99 Å². The molecule has 0 aromatic rings. The van der Waals surface area contributed by atoms with Gasteiger partial charge in [0.25, 0.3) is 0 Å². The van der Waals surface area contributed by atoms with Crippen molar-refractivity contribution in [2.75, 3.05) is 6.54 Å². The summed E-state index contributed by atoms with van der Waals surface area (Å²) in [6.07, 6.45) is -4.34. The number of nitrogens with zero attached hydrogens (tertiary/aromatic N) is 1. The van der Waals surface area contributed by atoms with E-state index < -0.39 is 12.0 Å². The van der Waals surface area contributed by atoms with E-state index in [0.29, 0.717) is 0 Å². The number of hydrogen-bond donors (Lipinski definition) is 1. The van der Waals surface area contributed by atoms with E-state index >= 15 is 0 Å². The molecule has 2 nitrogen and oxygen atoms in total. The highest BCUT2D eigenvalue weighted by Crippen LogP contribution is 2.17. The summed E-state index contributed by atoms with van der Waals surface area (Å²) in [5, 5.41) is 1.87. The number of hydrogen-bond acceptors (Lipinski definition) is 2. The first kappa shape index (κ1) is 6.38. The Bertz CT molecular complexity index is 137. The third-order valence-electron chi connectivity index (χ3n) is 0.792. The van der Waals surface area contributed by atoms with E-state index in [1.807, 2.05) is 5.32 Å². The van der Waals surface area contributed by atoms with Gasteiger partial charge in [-0.15, -0.1) is 0 Å². The zero-order valence-electron chi connectivity index (χ0n) is 4.29. The lowest BCUT2D eigenvalue weighted by Gasteiger charge is -2.03. The maximum atomic E-state index is 11.5. The van der Waals surface area contributed by atoms with Crippen LogP contribution in [0.3, 0.4) is 0 Å². The molecule has 1 heterocycles. The van der Waals surface area contributed by atoms with Crippen LogP contribution in [0.1, 0.15) is 0 Å². The highest BCUT2D eigenvalue weighted by molar-refractivity contribution is 5.89. The molecule has 0 aliphatic carbocycles. The molecule has 0 atom stereocenters. The number of aliphatic imine (C=N–C) groups is 1. The van der Waals surface area contributed by atoms with Crippen LogP contribution >= 0.6 is 0 Å². The fraction of sp³-hybridized carbons (Fsp3) is 0.500. The second kappa shape index (κ2) is 1.89. The average Bonchev–Trinajstić information content (AvgIpc) is 2.08. The van der Waals surface area contributed by atoms with Crippen LogP contribution in [0.15, 0.2) is 4.99 Å². The number of alkyl halides is 3. The number of nitrogens with one attached hydrogen (secondary N) is 1. The summed E-state index contributed by atoms with van der Waals surface area (Å²) in [7, 11) is 0. The molecule has 0 aromatic carbocycles. The molecule has 0 spiro atoms. The molecule has 2 radical (unpaired) electrons. The van der Waals surface area contributed by atoms with Gasteiger partial charge in [0.15, 0.2) is 0 Å². The van der Waals surface area contributed by atoms with Crippen molar-refractivity contribution in [1.29, 1.82) is 0 Å². The molecule has 1 aliphatic rings. The van der Waals surface area contributed by atoms with E-state index in [4.69, 9.17) is 0 Å².